The minimum Gasteiger partial charge on any atom is -0.481 e. The first-order chi connectivity index (χ1) is 10.2. The van der Waals surface area contributed by atoms with Crippen LogP contribution in [0.15, 0.2) is 42.5 Å². The molecule has 0 aliphatic rings. The van der Waals surface area contributed by atoms with Crippen LogP contribution in [0, 0.1) is 0 Å². The first-order valence-corrected chi connectivity index (χ1v) is 7.63. The summed E-state index contributed by atoms with van der Waals surface area (Å²) in [5.41, 5.74) is 0. The first-order valence-electron chi connectivity index (χ1n) is 7.63. The normalized spacial score (nSPS) is 12.1. The third kappa shape index (κ3) is 3.54. The molecule has 3 nitrogen and oxygen atoms in total. The highest BCUT2D eigenvalue weighted by molar-refractivity contribution is 5.84. The van der Waals surface area contributed by atoms with E-state index >= 15 is 0 Å². The molecule has 0 fully saturated rings. The number of fused-ring (bicyclic) bond motifs is 1. The standard InChI is InChI=1S/C18H23NO2/c1-4-17(18(20)19(5-2)6-3)21-16-12-11-14-9-7-8-10-15(14)13-16/h7-13,17H,4-6H2,1-3H3. The summed E-state index contributed by atoms with van der Waals surface area (Å²) in [5.74, 6) is 0.816. The number of hydrogen-bond acceptors (Lipinski definition) is 2. The van der Waals surface area contributed by atoms with Crippen molar-refractivity contribution in [1.82, 2.24) is 4.90 Å². The van der Waals surface area contributed by atoms with Crippen molar-refractivity contribution in [2.24, 2.45) is 0 Å². The van der Waals surface area contributed by atoms with Crippen LogP contribution in [0.4, 0.5) is 0 Å². The Hall–Kier alpha value is -2.03. The molecule has 0 saturated heterocycles. The van der Waals surface area contributed by atoms with Crippen molar-refractivity contribution in [3.05, 3.63) is 42.5 Å². The summed E-state index contributed by atoms with van der Waals surface area (Å²) >= 11 is 0. The molecule has 21 heavy (non-hydrogen) atoms. The Balaban J connectivity index is 2.18. The van der Waals surface area contributed by atoms with E-state index in [1.54, 1.807) is 0 Å². The SMILES string of the molecule is CCC(Oc1ccc2ccccc2c1)C(=O)N(CC)CC. The Morgan fingerprint density at radius 3 is 2.33 bits per heavy atom. The molecule has 2 aromatic rings. The predicted molar refractivity (Wildman–Crippen MR) is 86.6 cm³/mol. The van der Waals surface area contributed by atoms with Crippen LogP contribution < -0.4 is 4.74 Å². The molecule has 1 unspecified atom stereocenters. The molecule has 1 amide bonds. The summed E-state index contributed by atoms with van der Waals surface area (Å²) in [5, 5.41) is 2.30. The molecule has 112 valence electrons. The third-order valence-electron chi connectivity index (χ3n) is 3.72. The molecule has 0 aliphatic carbocycles. The number of amides is 1. The van der Waals surface area contributed by atoms with E-state index in [0.29, 0.717) is 19.5 Å². The van der Waals surface area contributed by atoms with Crippen molar-refractivity contribution < 1.29 is 9.53 Å². The van der Waals surface area contributed by atoms with E-state index in [2.05, 4.69) is 12.1 Å². The molecule has 0 aliphatic heterocycles. The maximum Gasteiger partial charge on any atom is 0.263 e. The second-order valence-electron chi connectivity index (χ2n) is 5.03. The smallest absolute Gasteiger partial charge is 0.263 e. The van der Waals surface area contributed by atoms with Crippen LogP contribution in [-0.4, -0.2) is 30.0 Å². The summed E-state index contributed by atoms with van der Waals surface area (Å²) < 4.78 is 5.93. The van der Waals surface area contributed by atoms with E-state index in [0.717, 1.165) is 11.1 Å². The van der Waals surface area contributed by atoms with Crippen molar-refractivity contribution >= 4 is 16.7 Å². The molecule has 0 heterocycles. The highest BCUT2D eigenvalue weighted by Crippen LogP contribution is 2.22. The maximum absolute atomic E-state index is 12.4. The van der Waals surface area contributed by atoms with E-state index in [9.17, 15) is 4.79 Å². The van der Waals surface area contributed by atoms with Gasteiger partial charge in [-0.1, -0.05) is 37.3 Å². The van der Waals surface area contributed by atoms with Gasteiger partial charge in [-0.15, -0.1) is 0 Å². The van der Waals surface area contributed by atoms with Crippen molar-refractivity contribution in [2.75, 3.05) is 13.1 Å². The van der Waals surface area contributed by atoms with E-state index in [4.69, 9.17) is 4.74 Å². The molecular formula is C18H23NO2. The number of nitrogens with zero attached hydrogens (tertiary/aromatic N) is 1. The first kappa shape index (κ1) is 15.4. The van der Waals surface area contributed by atoms with Crippen LogP contribution in [0.1, 0.15) is 27.2 Å². The Bertz CT molecular complexity index is 605. The van der Waals surface area contributed by atoms with Gasteiger partial charge in [0.25, 0.3) is 5.91 Å². The van der Waals surface area contributed by atoms with Crippen LogP contribution >= 0.6 is 0 Å². The number of likely N-dealkylation sites (N-methyl/N-ethyl adjacent to an activating group) is 1. The van der Waals surface area contributed by atoms with Gasteiger partial charge in [0.2, 0.25) is 0 Å². The summed E-state index contributed by atoms with van der Waals surface area (Å²) in [6.07, 6.45) is 0.258. The minimum atomic E-state index is -0.411. The lowest BCUT2D eigenvalue weighted by molar-refractivity contribution is -0.138. The molecule has 0 bridgehead atoms. The Morgan fingerprint density at radius 2 is 1.71 bits per heavy atom. The molecule has 0 saturated carbocycles. The lowest BCUT2D eigenvalue weighted by Crippen LogP contribution is -2.41. The van der Waals surface area contributed by atoms with Gasteiger partial charge in [0.05, 0.1) is 0 Å². The fraction of sp³-hybridized carbons (Fsp3) is 0.389. The molecule has 2 rings (SSSR count). The van der Waals surface area contributed by atoms with Gasteiger partial charge in [-0.3, -0.25) is 4.79 Å². The molecule has 0 aromatic heterocycles. The average molecular weight is 285 g/mol. The topological polar surface area (TPSA) is 29.5 Å². The van der Waals surface area contributed by atoms with Crippen molar-refractivity contribution in [1.29, 1.82) is 0 Å². The maximum atomic E-state index is 12.4. The predicted octanol–water partition coefficient (Wildman–Crippen LogP) is 3.87. The number of carbonyl (C=O) groups excluding carboxylic acids is 1. The lowest BCUT2D eigenvalue weighted by Gasteiger charge is -2.25. The van der Waals surface area contributed by atoms with E-state index in [1.165, 1.54) is 5.39 Å². The van der Waals surface area contributed by atoms with Crippen LogP contribution in [0.5, 0.6) is 5.75 Å². The second-order valence-corrected chi connectivity index (χ2v) is 5.03. The van der Waals surface area contributed by atoms with Gasteiger partial charge in [-0.25, -0.2) is 0 Å². The number of benzene rings is 2. The minimum absolute atomic E-state index is 0.0654. The van der Waals surface area contributed by atoms with Gasteiger partial charge in [-0.2, -0.15) is 0 Å². The van der Waals surface area contributed by atoms with E-state index in [-0.39, 0.29) is 5.91 Å². The van der Waals surface area contributed by atoms with Crippen LogP contribution in [-0.2, 0) is 4.79 Å². The molecule has 0 spiro atoms. The van der Waals surface area contributed by atoms with Crippen molar-refractivity contribution in [2.45, 2.75) is 33.3 Å². The number of carbonyl (C=O) groups is 1. The lowest BCUT2D eigenvalue weighted by atomic mass is 10.1. The molecule has 1 atom stereocenters. The molecular weight excluding hydrogens is 262 g/mol. The molecule has 0 radical (unpaired) electrons. The van der Waals surface area contributed by atoms with Gasteiger partial charge >= 0.3 is 0 Å². The van der Waals surface area contributed by atoms with Gasteiger partial charge in [0.15, 0.2) is 6.10 Å². The van der Waals surface area contributed by atoms with Crippen molar-refractivity contribution in [3.8, 4) is 5.75 Å². The fourth-order valence-electron chi connectivity index (χ4n) is 2.45. The zero-order chi connectivity index (χ0) is 15.2. The molecule has 3 heteroatoms. The largest absolute Gasteiger partial charge is 0.481 e. The van der Waals surface area contributed by atoms with Gasteiger partial charge < -0.3 is 9.64 Å². The highest BCUT2D eigenvalue weighted by Gasteiger charge is 2.22. The van der Waals surface area contributed by atoms with Gasteiger partial charge in [0.1, 0.15) is 5.75 Å². The summed E-state index contributed by atoms with van der Waals surface area (Å²) in [4.78, 5) is 14.2. The summed E-state index contributed by atoms with van der Waals surface area (Å²) in [7, 11) is 0. The van der Waals surface area contributed by atoms with Crippen LogP contribution in [0.2, 0.25) is 0 Å². The number of ether oxygens (including phenoxy) is 1. The number of hydrogen-bond donors (Lipinski definition) is 0. The second kappa shape index (κ2) is 7.11. The number of rotatable bonds is 6. The monoisotopic (exact) mass is 285 g/mol. The zero-order valence-corrected chi connectivity index (χ0v) is 13.0. The van der Waals surface area contributed by atoms with Crippen LogP contribution in [0.25, 0.3) is 10.8 Å². The Morgan fingerprint density at radius 1 is 1.05 bits per heavy atom. The fourth-order valence-corrected chi connectivity index (χ4v) is 2.45. The quantitative estimate of drug-likeness (QED) is 0.806. The summed E-state index contributed by atoms with van der Waals surface area (Å²) in [6.45, 7) is 7.39. The van der Waals surface area contributed by atoms with Crippen LogP contribution in [0.3, 0.4) is 0 Å². The van der Waals surface area contributed by atoms with E-state index in [1.807, 2.05) is 56.0 Å². The molecule has 2 aromatic carbocycles. The van der Waals surface area contributed by atoms with Gasteiger partial charge in [0, 0.05) is 13.1 Å². The highest BCUT2D eigenvalue weighted by atomic mass is 16.5. The summed E-state index contributed by atoms with van der Waals surface area (Å²) in [6, 6.07) is 14.1. The van der Waals surface area contributed by atoms with Crippen molar-refractivity contribution in [3.63, 3.8) is 0 Å². The molecule has 0 N–H and O–H groups in total. The van der Waals surface area contributed by atoms with E-state index < -0.39 is 6.10 Å². The van der Waals surface area contributed by atoms with Gasteiger partial charge in [-0.05, 0) is 43.2 Å². The Kier molecular flexibility index (Phi) is 5.20. The third-order valence-corrected chi connectivity index (χ3v) is 3.72. The zero-order valence-electron chi connectivity index (χ0n) is 13.0. The Labute approximate surface area is 126 Å². The average Bonchev–Trinajstić information content (AvgIpc) is 2.53.